The Bertz CT molecular complexity index is 748. The number of rotatable bonds is 5. The fourth-order valence-corrected chi connectivity index (χ4v) is 4.23. The molecule has 0 unspecified atom stereocenters. The van der Waals surface area contributed by atoms with Gasteiger partial charge in [-0.1, -0.05) is 0 Å². The summed E-state index contributed by atoms with van der Waals surface area (Å²) in [6.07, 6.45) is 3.44. The third-order valence-corrected chi connectivity index (χ3v) is 5.97. The Labute approximate surface area is 171 Å². The number of ether oxygens (including phenoxy) is 2. The van der Waals surface area contributed by atoms with E-state index in [1.165, 1.54) is 6.42 Å². The van der Waals surface area contributed by atoms with Crippen molar-refractivity contribution < 1.29 is 19.1 Å². The molecule has 3 aliphatic rings. The first kappa shape index (κ1) is 20.0. The fraction of sp³-hybridized carbons (Fsp3) is 0.619. The van der Waals surface area contributed by atoms with Crippen molar-refractivity contribution in [3.05, 3.63) is 18.2 Å². The Morgan fingerprint density at radius 3 is 2.48 bits per heavy atom. The average Bonchev–Trinajstić information content (AvgIpc) is 3.17. The molecule has 1 aromatic carbocycles. The summed E-state index contributed by atoms with van der Waals surface area (Å²) in [7, 11) is 0. The van der Waals surface area contributed by atoms with Gasteiger partial charge < -0.3 is 19.7 Å². The molecule has 2 saturated heterocycles. The van der Waals surface area contributed by atoms with Crippen LogP contribution in [-0.4, -0.2) is 85.2 Å². The predicted molar refractivity (Wildman–Crippen MR) is 109 cm³/mol. The highest BCUT2D eigenvalue weighted by Crippen LogP contribution is 2.34. The van der Waals surface area contributed by atoms with Gasteiger partial charge in [0, 0.05) is 50.5 Å². The van der Waals surface area contributed by atoms with Crippen LogP contribution in [0.5, 0.6) is 11.5 Å². The summed E-state index contributed by atoms with van der Waals surface area (Å²) < 4.78 is 10.6. The van der Waals surface area contributed by atoms with Crippen molar-refractivity contribution in [3.8, 4) is 11.5 Å². The van der Waals surface area contributed by atoms with E-state index in [9.17, 15) is 9.59 Å². The van der Waals surface area contributed by atoms with E-state index in [0.29, 0.717) is 36.3 Å². The molecule has 3 aliphatic heterocycles. The molecule has 0 aliphatic carbocycles. The van der Waals surface area contributed by atoms with Crippen molar-refractivity contribution in [1.29, 1.82) is 0 Å². The zero-order chi connectivity index (χ0) is 20.2. The Morgan fingerprint density at radius 2 is 1.72 bits per heavy atom. The van der Waals surface area contributed by atoms with Crippen molar-refractivity contribution in [3.63, 3.8) is 0 Å². The third kappa shape index (κ3) is 5.00. The first-order valence-electron chi connectivity index (χ1n) is 10.5. The molecular formula is C21H30N4O4. The maximum Gasteiger partial charge on any atom is 0.238 e. The van der Waals surface area contributed by atoms with E-state index >= 15 is 0 Å². The van der Waals surface area contributed by atoms with E-state index in [1.807, 2.05) is 11.0 Å². The minimum atomic E-state index is -0.0458. The first-order valence-corrected chi connectivity index (χ1v) is 10.5. The largest absolute Gasteiger partial charge is 0.454 e. The van der Waals surface area contributed by atoms with Gasteiger partial charge in [-0.3, -0.25) is 19.4 Å². The van der Waals surface area contributed by atoms with E-state index in [-0.39, 0.29) is 18.6 Å². The van der Waals surface area contributed by atoms with Crippen LogP contribution in [0.25, 0.3) is 0 Å². The zero-order valence-corrected chi connectivity index (χ0v) is 17.1. The van der Waals surface area contributed by atoms with E-state index in [1.54, 1.807) is 12.1 Å². The Balaban J connectivity index is 1.19. The summed E-state index contributed by atoms with van der Waals surface area (Å²) in [5.41, 5.74) is 0.708. The second kappa shape index (κ2) is 9.00. The topological polar surface area (TPSA) is 74.4 Å². The summed E-state index contributed by atoms with van der Waals surface area (Å²) in [6, 6.07) is 5.76. The van der Waals surface area contributed by atoms with Crippen LogP contribution < -0.4 is 14.8 Å². The van der Waals surface area contributed by atoms with E-state index < -0.39 is 0 Å². The summed E-state index contributed by atoms with van der Waals surface area (Å²) in [4.78, 5) is 31.4. The second-order valence-electron chi connectivity index (χ2n) is 8.10. The standard InChI is InChI=1S/C21H30N4O4/c1-16-4-2-3-7-25(16)21(27)14-24-10-8-23(9-11-24)13-20(26)22-17-5-6-18-19(12-17)29-15-28-18/h5-6,12,16H,2-4,7-11,13-15H2,1H3,(H,22,26)/t16-/m1/s1. The number of carbonyl (C=O) groups excluding carboxylic acids is 2. The highest BCUT2D eigenvalue weighted by Gasteiger charge is 2.26. The van der Waals surface area contributed by atoms with E-state index in [0.717, 1.165) is 45.6 Å². The molecule has 158 valence electrons. The van der Waals surface area contributed by atoms with Crippen LogP contribution in [0.4, 0.5) is 5.69 Å². The third-order valence-electron chi connectivity index (χ3n) is 5.97. The molecule has 1 aromatic rings. The monoisotopic (exact) mass is 402 g/mol. The average molecular weight is 402 g/mol. The van der Waals surface area contributed by atoms with Crippen molar-refractivity contribution in [1.82, 2.24) is 14.7 Å². The van der Waals surface area contributed by atoms with Crippen LogP contribution in [-0.2, 0) is 9.59 Å². The van der Waals surface area contributed by atoms with Gasteiger partial charge in [0.15, 0.2) is 11.5 Å². The number of hydrogen-bond acceptors (Lipinski definition) is 6. The number of nitrogens with zero attached hydrogens (tertiary/aromatic N) is 3. The number of anilines is 1. The molecule has 0 saturated carbocycles. The summed E-state index contributed by atoms with van der Waals surface area (Å²) >= 11 is 0. The lowest BCUT2D eigenvalue weighted by molar-refractivity contribution is -0.136. The summed E-state index contributed by atoms with van der Waals surface area (Å²) in [5.74, 6) is 1.55. The number of hydrogen-bond donors (Lipinski definition) is 1. The molecule has 0 aromatic heterocycles. The molecule has 29 heavy (non-hydrogen) atoms. The van der Waals surface area contributed by atoms with Crippen molar-refractivity contribution in [2.24, 2.45) is 0 Å². The molecular weight excluding hydrogens is 372 g/mol. The normalized spacial score (nSPS) is 22.5. The molecule has 4 rings (SSSR count). The molecule has 1 N–H and O–H groups in total. The van der Waals surface area contributed by atoms with Gasteiger partial charge in [-0.25, -0.2) is 0 Å². The van der Waals surface area contributed by atoms with Crippen LogP contribution in [0, 0.1) is 0 Å². The van der Waals surface area contributed by atoms with Crippen molar-refractivity contribution in [2.45, 2.75) is 32.2 Å². The Hall–Kier alpha value is -2.32. The predicted octanol–water partition coefficient (Wildman–Crippen LogP) is 1.37. The van der Waals surface area contributed by atoms with E-state index in [2.05, 4.69) is 22.0 Å². The van der Waals surface area contributed by atoms with Gasteiger partial charge in [-0.05, 0) is 38.3 Å². The molecule has 0 radical (unpaired) electrons. The maximum atomic E-state index is 12.6. The van der Waals surface area contributed by atoms with Gasteiger partial charge in [0.05, 0.1) is 13.1 Å². The van der Waals surface area contributed by atoms with E-state index in [4.69, 9.17) is 9.47 Å². The number of nitrogens with one attached hydrogen (secondary N) is 1. The number of piperazine rings is 1. The SMILES string of the molecule is C[C@@H]1CCCCN1C(=O)CN1CCN(CC(=O)Nc2ccc3c(c2)OCO3)CC1. The Kier molecular flexibility index (Phi) is 6.20. The lowest BCUT2D eigenvalue weighted by Gasteiger charge is -2.37. The van der Waals surface area contributed by atoms with Gasteiger partial charge in [0.2, 0.25) is 18.6 Å². The first-order chi connectivity index (χ1) is 14.1. The van der Waals surface area contributed by atoms with Gasteiger partial charge in [-0.2, -0.15) is 0 Å². The highest BCUT2D eigenvalue weighted by molar-refractivity contribution is 5.92. The van der Waals surface area contributed by atoms with Crippen LogP contribution >= 0.6 is 0 Å². The van der Waals surface area contributed by atoms with Crippen LogP contribution in [0.2, 0.25) is 0 Å². The lowest BCUT2D eigenvalue weighted by Crippen LogP contribution is -2.53. The van der Waals surface area contributed by atoms with Crippen LogP contribution in [0.1, 0.15) is 26.2 Å². The second-order valence-corrected chi connectivity index (χ2v) is 8.10. The molecule has 8 heteroatoms. The number of amides is 2. The highest BCUT2D eigenvalue weighted by atomic mass is 16.7. The molecule has 0 spiro atoms. The molecule has 2 fully saturated rings. The number of piperidine rings is 1. The van der Waals surface area contributed by atoms with Gasteiger partial charge >= 0.3 is 0 Å². The lowest BCUT2D eigenvalue weighted by atomic mass is 10.0. The smallest absolute Gasteiger partial charge is 0.238 e. The number of benzene rings is 1. The van der Waals surface area contributed by atoms with Gasteiger partial charge in [-0.15, -0.1) is 0 Å². The van der Waals surface area contributed by atoms with Crippen LogP contribution in [0.15, 0.2) is 18.2 Å². The summed E-state index contributed by atoms with van der Waals surface area (Å²) in [6.45, 7) is 7.29. The minimum Gasteiger partial charge on any atom is -0.454 e. The van der Waals surface area contributed by atoms with Gasteiger partial charge in [0.25, 0.3) is 0 Å². The number of carbonyl (C=O) groups is 2. The number of fused-ring (bicyclic) bond motifs is 1. The zero-order valence-electron chi connectivity index (χ0n) is 17.1. The van der Waals surface area contributed by atoms with Crippen molar-refractivity contribution >= 4 is 17.5 Å². The Morgan fingerprint density at radius 1 is 1.00 bits per heavy atom. The van der Waals surface area contributed by atoms with Crippen LogP contribution in [0.3, 0.4) is 0 Å². The molecule has 1 atom stereocenters. The van der Waals surface area contributed by atoms with Gasteiger partial charge in [0.1, 0.15) is 0 Å². The molecule has 0 bridgehead atoms. The summed E-state index contributed by atoms with van der Waals surface area (Å²) in [5, 5.41) is 2.92. The maximum absolute atomic E-state index is 12.6. The van der Waals surface area contributed by atoms with Crippen molar-refractivity contribution in [2.75, 3.05) is 57.9 Å². The molecule has 3 heterocycles. The number of likely N-dealkylation sites (tertiary alicyclic amines) is 1. The minimum absolute atomic E-state index is 0.0458. The molecule has 8 nitrogen and oxygen atoms in total. The fourth-order valence-electron chi connectivity index (χ4n) is 4.23. The quantitative estimate of drug-likeness (QED) is 0.802. The molecule has 2 amide bonds.